The molecule has 1 aromatic carbocycles. The van der Waals surface area contributed by atoms with Crippen LogP contribution in [0.2, 0.25) is 0 Å². The van der Waals surface area contributed by atoms with Crippen molar-refractivity contribution in [2.75, 3.05) is 6.54 Å². The highest BCUT2D eigenvalue weighted by Crippen LogP contribution is 2.19. The van der Waals surface area contributed by atoms with E-state index in [1.165, 1.54) is 11.1 Å². The smallest absolute Gasteiger partial charge is 0.127 e. The van der Waals surface area contributed by atoms with E-state index in [0.717, 1.165) is 18.8 Å². The first-order valence-corrected chi connectivity index (χ1v) is 6.10. The molecule has 1 atom stereocenters. The summed E-state index contributed by atoms with van der Waals surface area (Å²) in [5.74, 6) is 0.974. The number of nitrogens with one attached hydrogen (secondary N) is 2. The summed E-state index contributed by atoms with van der Waals surface area (Å²) >= 11 is 0. The third kappa shape index (κ3) is 2.94. The van der Waals surface area contributed by atoms with Gasteiger partial charge in [0.25, 0.3) is 0 Å². The normalized spacial score (nSPS) is 12.6. The predicted molar refractivity (Wildman–Crippen MR) is 69.9 cm³/mol. The van der Waals surface area contributed by atoms with Gasteiger partial charge in [0.1, 0.15) is 5.82 Å². The van der Waals surface area contributed by atoms with Crippen molar-refractivity contribution in [1.82, 2.24) is 15.3 Å². The Kier molecular flexibility index (Phi) is 3.94. The number of benzene rings is 1. The van der Waals surface area contributed by atoms with Crippen molar-refractivity contribution >= 4 is 0 Å². The van der Waals surface area contributed by atoms with Crippen LogP contribution in [0, 0.1) is 6.92 Å². The summed E-state index contributed by atoms with van der Waals surface area (Å²) in [5.41, 5.74) is 2.53. The Morgan fingerprint density at radius 3 is 2.65 bits per heavy atom. The summed E-state index contributed by atoms with van der Waals surface area (Å²) in [6.07, 6.45) is 4.78. The quantitative estimate of drug-likeness (QED) is 0.827. The monoisotopic (exact) mass is 229 g/mol. The largest absolute Gasteiger partial charge is 0.347 e. The highest BCUT2D eigenvalue weighted by atomic mass is 15.0. The number of aromatic nitrogens is 2. The highest BCUT2D eigenvalue weighted by Gasteiger charge is 2.14. The van der Waals surface area contributed by atoms with Gasteiger partial charge in [0, 0.05) is 12.4 Å². The van der Waals surface area contributed by atoms with Crippen LogP contribution >= 0.6 is 0 Å². The van der Waals surface area contributed by atoms with Gasteiger partial charge in [-0.3, -0.25) is 0 Å². The van der Waals surface area contributed by atoms with E-state index in [1.807, 2.05) is 6.20 Å². The highest BCUT2D eigenvalue weighted by molar-refractivity contribution is 5.28. The number of hydrogen-bond donors (Lipinski definition) is 2. The second-order valence-electron chi connectivity index (χ2n) is 4.27. The molecule has 2 rings (SSSR count). The third-order valence-corrected chi connectivity index (χ3v) is 2.80. The fourth-order valence-electron chi connectivity index (χ4n) is 1.86. The fraction of sp³-hybridized carbons (Fsp3) is 0.357. The first-order valence-electron chi connectivity index (χ1n) is 6.10. The van der Waals surface area contributed by atoms with E-state index in [4.69, 9.17) is 0 Å². The minimum Gasteiger partial charge on any atom is -0.347 e. The van der Waals surface area contributed by atoms with Crippen molar-refractivity contribution < 1.29 is 0 Å². The predicted octanol–water partition coefficient (Wildman–Crippen LogP) is 2.81. The van der Waals surface area contributed by atoms with Crippen LogP contribution in [0.3, 0.4) is 0 Å². The molecule has 0 aliphatic carbocycles. The maximum absolute atomic E-state index is 4.35. The maximum Gasteiger partial charge on any atom is 0.127 e. The zero-order chi connectivity index (χ0) is 12.1. The lowest BCUT2D eigenvalue weighted by molar-refractivity contribution is 0.576. The molecule has 0 saturated heterocycles. The van der Waals surface area contributed by atoms with Crippen LogP contribution in [0.25, 0.3) is 0 Å². The van der Waals surface area contributed by atoms with Crippen LogP contribution in [0.15, 0.2) is 36.7 Å². The van der Waals surface area contributed by atoms with Crippen molar-refractivity contribution in [1.29, 1.82) is 0 Å². The molecule has 17 heavy (non-hydrogen) atoms. The Balaban J connectivity index is 2.23. The van der Waals surface area contributed by atoms with Crippen molar-refractivity contribution in [3.05, 3.63) is 53.6 Å². The van der Waals surface area contributed by atoms with Gasteiger partial charge in [-0.15, -0.1) is 0 Å². The molecule has 3 heteroatoms. The minimum atomic E-state index is 0.158. The first-order chi connectivity index (χ1) is 8.31. The van der Waals surface area contributed by atoms with E-state index in [2.05, 4.69) is 53.4 Å². The van der Waals surface area contributed by atoms with E-state index < -0.39 is 0 Å². The summed E-state index contributed by atoms with van der Waals surface area (Å²) in [7, 11) is 0. The number of aromatic amines is 1. The minimum absolute atomic E-state index is 0.158. The molecular weight excluding hydrogens is 210 g/mol. The summed E-state index contributed by atoms with van der Waals surface area (Å²) in [5, 5.41) is 3.51. The van der Waals surface area contributed by atoms with E-state index in [-0.39, 0.29) is 6.04 Å². The van der Waals surface area contributed by atoms with Gasteiger partial charge in [-0.25, -0.2) is 4.98 Å². The molecule has 90 valence electrons. The van der Waals surface area contributed by atoms with Crippen LogP contribution in [0.4, 0.5) is 0 Å². The molecular formula is C14H19N3. The lowest BCUT2D eigenvalue weighted by Crippen LogP contribution is -2.24. The van der Waals surface area contributed by atoms with Crippen LogP contribution in [0.5, 0.6) is 0 Å². The number of aryl methyl sites for hydroxylation is 1. The van der Waals surface area contributed by atoms with Gasteiger partial charge in [0.2, 0.25) is 0 Å². The topological polar surface area (TPSA) is 40.7 Å². The van der Waals surface area contributed by atoms with Gasteiger partial charge in [0.05, 0.1) is 6.04 Å². The summed E-state index contributed by atoms with van der Waals surface area (Å²) in [6.45, 7) is 5.26. The SMILES string of the molecule is CCCNC(c1ccc(C)cc1)c1ncc[nH]1. The fourth-order valence-corrected chi connectivity index (χ4v) is 1.86. The van der Waals surface area contributed by atoms with E-state index >= 15 is 0 Å². The Morgan fingerprint density at radius 1 is 1.29 bits per heavy atom. The first kappa shape index (κ1) is 11.9. The number of H-pyrrole nitrogens is 1. The Morgan fingerprint density at radius 2 is 2.06 bits per heavy atom. The van der Waals surface area contributed by atoms with Gasteiger partial charge >= 0.3 is 0 Å². The summed E-state index contributed by atoms with van der Waals surface area (Å²) in [6, 6.07) is 8.75. The molecule has 3 nitrogen and oxygen atoms in total. The molecule has 2 N–H and O–H groups in total. The summed E-state index contributed by atoms with van der Waals surface area (Å²) < 4.78 is 0. The lowest BCUT2D eigenvalue weighted by atomic mass is 10.0. The number of rotatable bonds is 5. The molecule has 0 saturated carbocycles. The van der Waals surface area contributed by atoms with Gasteiger partial charge in [0.15, 0.2) is 0 Å². The zero-order valence-corrected chi connectivity index (χ0v) is 10.4. The van der Waals surface area contributed by atoms with Crippen molar-refractivity contribution in [3.63, 3.8) is 0 Å². The van der Waals surface area contributed by atoms with Crippen molar-refractivity contribution in [3.8, 4) is 0 Å². The molecule has 0 amide bonds. The standard InChI is InChI=1S/C14H19N3/c1-3-8-15-13(14-16-9-10-17-14)12-6-4-11(2)5-7-12/h4-7,9-10,13,15H,3,8H2,1-2H3,(H,16,17). The van der Waals surface area contributed by atoms with E-state index in [1.54, 1.807) is 6.20 Å². The van der Waals surface area contributed by atoms with Crippen molar-refractivity contribution in [2.24, 2.45) is 0 Å². The van der Waals surface area contributed by atoms with E-state index in [9.17, 15) is 0 Å². The van der Waals surface area contributed by atoms with Crippen molar-refractivity contribution in [2.45, 2.75) is 26.3 Å². The molecule has 0 aliphatic rings. The zero-order valence-electron chi connectivity index (χ0n) is 10.4. The van der Waals surface area contributed by atoms with Gasteiger partial charge in [-0.05, 0) is 25.5 Å². The molecule has 0 radical (unpaired) electrons. The number of imidazole rings is 1. The summed E-state index contributed by atoms with van der Waals surface area (Å²) in [4.78, 5) is 7.54. The second-order valence-corrected chi connectivity index (χ2v) is 4.27. The van der Waals surface area contributed by atoms with Crippen LogP contribution in [-0.4, -0.2) is 16.5 Å². The van der Waals surface area contributed by atoms with Gasteiger partial charge in [-0.1, -0.05) is 36.8 Å². The molecule has 0 bridgehead atoms. The molecule has 0 fully saturated rings. The molecule has 2 aromatic rings. The average Bonchev–Trinajstić information content (AvgIpc) is 2.85. The van der Waals surface area contributed by atoms with Gasteiger partial charge < -0.3 is 10.3 Å². The third-order valence-electron chi connectivity index (χ3n) is 2.80. The molecule has 1 heterocycles. The van der Waals surface area contributed by atoms with Crippen LogP contribution in [0.1, 0.15) is 36.3 Å². The van der Waals surface area contributed by atoms with Crippen LogP contribution in [-0.2, 0) is 0 Å². The molecule has 0 aliphatic heterocycles. The van der Waals surface area contributed by atoms with Gasteiger partial charge in [-0.2, -0.15) is 0 Å². The number of hydrogen-bond acceptors (Lipinski definition) is 2. The van der Waals surface area contributed by atoms with Crippen LogP contribution < -0.4 is 5.32 Å². The lowest BCUT2D eigenvalue weighted by Gasteiger charge is -2.17. The average molecular weight is 229 g/mol. The van der Waals surface area contributed by atoms with E-state index in [0.29, 0.717) is 0 Å². The molecule has 1 unspecified atom stereocenters. The second kappa shape index (κ2) is 5.64. The molecule has 1 aromatic heterocycles. The Hall–Kier alpha value is -1.61. The Bertz CT molecular complexity index is 431. The number of nitrogens with zero attached hydrogens (tertiary/aromatic N) is 1. The Labute approximate surface area is 102 Å². The molecule has 0 spiro atoms. The maximum atomic E-state index is 4.35.